The highest BCUT2D eigenvalue weighted by Gasteiger charge is 2.54. The Morgan fingerprint density at radius 3 is 2.95 bits per heavy atom. The Balaban J connectivity index is 2.14. The zero-order valence-electron chi connectivity index (χ0n) is 11.6. The van der Waals surface area contributed by atoms with Gasteiger partial charge in [0.25, 0.3) is 0 Å². The first-order valence-electron chi connectivity index (χ1n) is 6.97. The number of ketones is 2. The van der Waals surface area contributed by atoms with Crippen molar-refractivity contribution in [1.82, 2.24) is 0 Å². The minimum absolute atomic E-state index is 0.0874. The second-order valence-electron chi connectivity index (χ2n) is 5.74. The van der Waals surface area contributed by atoms with Crippen LogP contribution in [-0.2, 0) is 4.79 Å². The summed E-state index contributed by atoms with van der Waals surface area (Å²) in [4.78, 5) is 24.8. The first-order valence-corrected chi connectivity index (χ1v) is 6.97. The molecule has 104 valence electrons. The fourth-order valence-electron chi connectivity index (χ4n) is 3.83. The number of benzene rings is 1. The maximum absolute atomic E-state index is 12.9. The van der Waals surface area contributed by atoms with Gasteiger partial charge in [0.05, 0.1) is 12.5 Å². The molecule has 2 aliphatic rings. The van der Waals surface area contributed by atoms with Crippen molar-refractivity contribution in [1.29, 1.82) is 0 Å². The number of Topliss-reactive ketones (excluding diaryl/α,β-unsaturated/α-hetero) is 2. The van der Waals surface area contributed by atoms with Gasteiger partial charge in [-0.3, -0.25) is 9.59 Å². The molecule has 2 aliphatic carbocycles. The van der Waals surface area contributed by atoms with E-state index in [1.165, 1.54) is 0 Å². The van der Waals surface area contributed by atoms with Gasteiger partial charge in [0.15, 0.2) is 5.78 Å². The van der Waals surface area contributed by atoms with Gasteiger partial charge < -0.3 is 4.74 Å². The summed E-state index contributed by atoms with van der Waals surface area (Å²) in [6.45, 7) is 3.78. The van der Waals surface area contributed by atoms with E-state index in [1.54, 1.807) is 13.2 Å². The molecular weight excluding hydrogens is 252 g/mol. The Morgan fingerprint density at radius 1 is 1.45 bits per heavy atom. The molecule has 0 N–H and O–H groups in total. The number of allylic oxidation sites excluding steroid dienone is 1. The number of rotatable bonds is 3. The highest BCUT2D eigenvalue weighted by molar-refractivity contribution is 6.09. The number of fused-ring (bicyclic) bond motifs is 3. The van der Waals surface area contributed by atoms with E-state index in [2.05, 4.69) is 6.58 Å². The molecule has 3 nitrogen and oxygen atoms in total. The number of hydrogen-bond acceptors (Lipinski definition) is 3. The van der Waals surface area contributed by atoms with Gasteiger partial charge in [0.2, 0.25) is 0 Å². The first kappa shape index (κ1) is 13.1. The average molecular weight is 270 g/mol. The number of methoxy groups -OCH3 is 1. The molecule has 0 aliphatic heterocycles. The summed E-state index contributed by atoms with van der Waals surface area (Å²) >= 11 is 0. The maximum atomic E-state index is 12.9. The van der Waals surface area contributed by atoms with Crippen LogP contribution < -0.4 is 4.74 Å². The van der Waals surface area contributed by atoms with Crippen molar-refractivity contribution in [2.45, 2.75) is 31.6 Å². The minimum Gasteiger partial charge on any atom is -0.497 e. The van der Waals surface area contributed by atoms with Crippen LogP contribution in [0.25, 0.3) is 0 Å². The largest absolute Gasteiger partial charge is 0.497 e. The van der Waals surface area contributed by atoms with Gasteiger partial charge in [-0.25, -0.2) is 0 Å². The van der Waals surface area contributed by atoms with E-state index >= 15 is 0 Å². The molecule has 2 atom stereocenters. The van der Waals surface area contributed by atoms with Crippen LogP contribution in [0, 0.1) is 5.41 Å². The minimum atomic E-state index is -0.591. The van der Waals surface area contributed by atoms with Gasteiger partial charge in [0.1, 0.15) is 11.5 Å². The molecule has 1 aromatic rings. The Morgan fingerprint density at radius 2 is 2.25 bits per heavy atom. The van der Waals surface area contributed by atoms with Crippen molar-refractivity contribution < 1.29 is 14.3 Å². The molecule has 20 heavy (non-hydrogen) atoms. The summed E-state index contributed by atoms with van der Waals surface area (Å²) in [5.74, 6) is 1.11. The SMILES string of the molecule is C=CC[C@]12CC(=O)CC[C@H]1c1ccc(OC)cc1C2=O. The Hall–Kier alpha value is -1.90. The van der Waals surface area contributed by atoms with Gasteiger partial charge >= 0.3 is 0 Å². The summed E-state index contributed by atoms with van der Waals surface area (Å²) in [6.07, 6.45) is 4.02. The summed E-state index contributed by atoms with van der Waals surface area (Å²) in [7, 11) is 1.59. The van der Waals surface area contributed by atoms with Crippen LogP contribution in [-0.4, -0.2) is 18.7 Å². The van der Waals surface area contributed by atoms with Crippen LogP contribution in [0.5, 0.6) is 5.75 Å². The van der Waals surface area contributed by atoms with Crippen molar-refractivity contribution in [2.24, 2.45) is 5.41 Å². The third kappa shape index (κ3) is 1.65. The zero-order chi connectivity index (χ0) is 14.3. The second kappa shape index (κ2) is 4.58. The first-order chi connectivity index (χ1) is 9.62. The Labute approximate surface area is 118 Å². The maximum Gasteiger partial charge on any atom is 0.170 e. The molecule has 0 spiro atoms. The molecule has 0 bridgehead atoms. The van der Waals surface area contributed by atoms with Crippen LogP contribution in [0.3, 0.4) is 0 Å². The van der Waals surface area contributed by atoms with E-state index < -0.39 is 5.41 Å². The van der Waals surface area contributed by atoms with Gasteiger partial charge in [-0.1, -0.05) is 12.1 Å². The fraction of sp³-hybridized carbons (Fsp3) is 0.412. The van der Waals surface area contributed by atoms with E-state index in [0.29, 0.717) is 25.0 Å². The van der Waals surface area contributed by atoms with Gasteiger partial charge in [-0.15, -0.1) is 6.58 Å². The highest BCUT2D eigenvalue weighted by Crippen LogP contribution is 2.56. The molecule has 1 saturated carbocycles. The van der Waals surface area contributed by atoms with Crippen molar-refractivity contribution >= 4 is 11.6 Å². The molecule has 0 aromatic heterocycles. The molecule has 0 heterocycles. The lowest BCUT2D eigenvalue weighted by Gasteiger charge is -2.36. The Bertz CT molecular complexity index is 602. The van der Waals surface area contributed by atoms with Crippen LogP contribution >= 0.6 is 0 Å². The monoisotopic (exact) mass is 270 g/mol. The molecule has 3 heteroatoms. The fourth-order valence-corrected chi connectivity index (χ4v) is 3.83. The molecule has 1 aromatic carbocycles. The van der Waals surface area contributed by atoms with Gasteiger partial charge in [-0.2, -0.15) is 0 Å². The smallest absolute Gasteiger partial charge is 0.170 e. The van der Waals surface area contributed by atoms with Crippen LogP contribution in [0.1, 0.15) is 47.5 Å². The van der Waals surface area contributed by atoms with Gasteiger partial charge in [0, 0.05) is 18.4 Å². The predicted molar refractivity (Wildman–Crippen MR) is 76.2 cm³/mol. The van der Waals surface area contributed by atoms with Crippen molar-refractivity contribution in [3.8, 4) is 5.75 Å². The lowest BCUT2D eigenvalue weighted by atomic mass is 9.64. The Kier molecular flexibility index (Phi) is 3.00. The summed E-state index contributed by atoms with van der Waals surface area (Å²) in [5.41, 5.74) is 1.21. The molecule has 0 saturated heterocycles. The quantitative estimate of drug-likeness (QED) is 0.792. The van der Waals surface area contributed by atoms with E-state index in [4.69, 9.17) is 4.74 Å². The lowest BCUT2D eigenvalue weighted by Crippen LogP contribution is -2.37. The topological polar surface area (TPSA) is 43.4 Å². The van der Waals surface area contributed by atoms with E-state index in [0.717, 1.165) is 17.5 Å². The van der Waals surface area contributed by atoms with Crippen molar-refractivity contribution in [3.05, 3.63) is 42.0 Å². The lowest BCUT2D eigenvalue weighted by molar-refractivity contribution is -0.123. The summed E-state index contributed by atoms with van der Waals surface area (Å²) in [5, 5.41) is 0. The normalized spacial score (nSPS) is 27.9. The molecule has 0 unspecified atom stereocenters. The molecule has 1 fully saturated rings. The number of carbonyl (C=O) groups excluding carboxylic acids is 2. The van der Waals surface area contributed by atoms with Crippen LogP contribution in [0.15, 0.2) is 30.9 Å². The average Bonchev–Trinajstić information content (AvgIpc) is 2.68. The summed E-state index contributed by atoms with van der Waals surface area (Å²) < 4.78 is 5.22. The molecular formula is C17H18O3. The molecule has 3 rings (SSSR count). The van der Waals surface area contributed by atoms with Crippen molar-refractivity contribution in [3.63, 3.8) is 0 Å². The third-order valence-electron chi connectivity index (χ3n) is 4.73. The van der Waals surface area contributed by atoms with Crippen LogP contribution in [0.2, 0.25) is 0 Å². The van der Waals surface area contributed by atoms with E-state index in [-0.39, 0.29) is 17.5 Å². The summed E-state index contributed by atoms with van der Waals surface area (Å²) in [6, 6.07) is 5.69. The highest BCUT2D eigenvalue weighted by atomic mass is 16.5. The van der Waals surface area contributed by atoms with Gasteiger partial charge in [-0.05, 0) is 36.5 Å². The number of hydrogen-bond donors (Lipinski definition) is 0. The van der Waals surface area contributed by atoms with Crippen LogP contribution in [0.4, 0.5) is 0 Å². The van der Waals surface area contributed by atoms with E-state index in [1.807, 2.05) is 18.2 Å². The van der Waals surface area contributed by atoms with E-state index in [9.17, 15) is 9.59 Å². The standard InChI is InChI=1S/C17H18O3/c1-3-8-17-10-11(18)4-7-15(17)13-6-5-12(20-2)9-14(13)16(17)19/h3,5-6,9,15H,1,4,7-8,10H2,2H3/t15-,17-/m0/s1. The number of ether oxygens (including phenoxy) is 1. The second-order valence-corrected chi connectivity index (χ2v) is 5.74. The molecule has 0 amide bonds. The predicted octanol–water partition coefficient (Wildman–Crippen LogP) is 3.29. The zero-order valence-corrected chi connectivity index (χ0v) is 11.6. The van der Waals surface area contributed by atoms with Crippen molar-refractivity contribution in [2.75, 3.05) is 7.11 Å². The third-order valence-corrected chi connectivity index (χ3v) is 4.73. The number of carbonyl (C=O) groups is 2. The molecule has 0 radical (unpaired) electrons.